The molecule has 0 fully saturated rings. The topological polar surface area (TPSA) is 91.7 Å². The van der Waals surface area contributed by atoms with E-state index in [4.69, 9.17) is 4.42 Å². The van der Waals surface area contributed by atoms with Gasteiger partial charge in [0.15, 0.2) is 5.76 Å². The maximum atomic E-state index is 12.9. The number of furan rings is 1. The Morgan fingerprint density at radius 3 is 2.44 bits per heavy atom. The Morgan fingerprint density at radius 2 is 1.62 bits per heavy atom. The van der Waals surface area contributed by atoms with Crippen molar-refractivity contribution in [2.75, 3.05) is 22.6 Å². The largest absolute Gasteiger partial charge is 0.459 e. The lowest BCUT2D eigenvalue weighted by molar-refractivity contribution is 0.0985. The van der Waals surface area contributed by atoms with Crippen LogP contribution in [0, 0.1) is 0 Å². The van der Waals surface area contributed by atoms with Crippen LogP contribution in [-0.4, -0.2) is 24.8 Å². The Labute approximate surface area is 199 Å². The molecule has 1 aromatic heterocycles. The number of amides is 3. The lowest BCUT2D eigenvalue weighted by atomic mass is 10.1. The van der Waals surface area contributed by atoms with Gasteiger partial charge in [0, 0.05) is 33.8 Å². The van der Waals surface area contributed by atoms with Gasteiger partial charge in [-0.3, -0.25) is 14.4 Å². The minimum absolute atomic E-state index is 0.0768. The van der Waals surface area contributed by atoms with E-state index in [0.29, 0.717) is 22.5 Å². The third-order valence-corrected chi connectivity index (χ3v) is 6.47. The number of benzene rings is 3. The summed E-state index contributed by atoms with van der Waals surface area (Å²) in [6.07, 6.45) is 1.42. The summed E-state index contributed by atoms with van der Waals surface area (Å²) < 4.78 is 5.10. The van der Waals surface area contributed by atoms with Gasteiger partial charge in [-0.25, -0.2) is 0 Å². The lowest BCUT2D eigenvalue weighted by Gasteiger charge is -2.18. The molecule has 7 nitrogen and oxygen atoms in total. The Kier molecular flexibility index (Phi) is 5.65. The summed E-state index contributed by atoms with van der Waals surface area (Å²) in [5, 5.41) is 5.62. The number of carbonyl (C=O) groups excluding carboxylic acids is 3. The van der Waals surface area contributed by atoms with Gasteiger partial charge in [0.25, 0.3) is 17.7 Å². The van der Waals surface area contributed by atoms with Crippen LogP contribution in [0.15, 0.2) is 99.3 Å². The van der Waals surface area contributed by atoms with Gasteiger partial charge in [-0.15, -0.1) is 0 Å². The lowest BCUT2D eigenvalue weighted by Crippen LogP contribution is -2.26. The first-order valence-electron chi connectivity index (χ1n) is 10.4. The zero-order chi connectivity index (χ0) is 23.7. The van der Waals surface area contributed by atoms with Crippen LogP contribution in [0.4, 0.5) is 17.1 Å². The van der Waals surface area contributed by atoms with Gasteiger partial charge in [0.05, 0.1) is 17.5 Å². The second-order valence-electron chi connectivity index (χ2n) is 7.61. The van der Waals surface area contributed by atoms with E-state index in [9.17, 15) is 14.4 Å². The second-order valence-corrected chi connectivity index (χ2v) is 8.70. The van der Waals surface area contributed by atoms with Crippen LogP contribution >= 0.6 is 11.8 Å². The van der Waals surface area contributed by atoms with Crippen molar-refractivity contribution in [3.05, 3.63) is 102 Å². The first-order valence-corrected chi connectivity index (χ1v) is 11.3. The average molecular weight is 470 g/mol. The fourth-order valence-electron chi connectivity index (χ4n) is 3.63. The van der Waals surface area contributed by atoms with Gasteiger partial charge in [-0.05, 0) is 60.7 Å². The molecule has 0 aliphatic carbocycles. The Balaban J connectivity index is 1.36. The number of carbonyl (C=O) groups is 3. The number of nitrogens with zero attached hydrogens (tertiary/aromatic N) is 1. The standard InChI is InChI=1S/C26H19N3O4S/c1-29-20-12-11-18(15-23(20)34-22-10-3-2-8-19(22)26(29)32)27-24(30)16-6-4-7-17(14-16)28-25(31)21-9-5-13-33-21/h2-15H,1H3,(H,27,30)(H,28,31). The molecule has 0 unspecified atom stereocenters. The number of anilines is 3. The van der Waals surface area contributed by atoms with Gasteiger partial charge in [-0.2, -0.15) is 0 Å². The zero-order valence-corrected chi connectivity index (χ0v) is 18.9. The monoisotopic (exact) mass is 469 g/mol. The zero-order valence-electron chi connectivity index (χ0n) is 18.1. The summed E-state index contributed by atoms with van der Waals surface area (Å²) >= 11 is 1.49. The number of nitrogens with one attached hydrogen (secondary N) is 2. The van der Waals surface area contributed by atoms with E-state index in [0.717, 1.165) is 15.5 Å². The molecule has 168 valence electrons. The van der Waals surface area contributed by atoms with Crippen LogP contribution in [0.25, 0.3) is 0 Å². The SMILES string of the molecule is CN1C(=O)c2ccccc2Sc2cc(NC(=O)c3cccc(NC(=O)c4ccco4)c3)ccc21. The summed E-state index contributed by atoms with van der Waals surface area (Å²) in [7, 11) is 1.74. The molecule has 0 saturated heterocycles. The van der Waals surface area contributed by atoms with Gasteiger partial charge in [0.2, 0.25) is 0 Å². The van der Waals surface area contributed by atoms with Crippen molar-refractivity contribution in [1.82, 2.24) is 0 Å². The minimum atomic E-state index is -0.399. The van der Waals surface area contributed by atoms with E-state index in [-0.39, 0.29) is 17.6 Å². The quantitative estimate of drug-likeness (QED) is 0.410. The summed E-state index contributed by atoms with van der Waals surface area (Å²) in [5.41, 5.74) is 2.87. The molecule has 0 saturated carbocycles. The minimum Gasteiger partial charge on any atom is -0.459 e. The summed E-state index contributed by atoms with van der Waals surface area (Å²) in [6.45, 7) is 0. The number of hydrogen-bond donors (Lipinski definition) is 2. The normalized spacial score (nSPS) is 12.4. The number of fused-ring (bicyclic) bond motifs is 2. The summed E-state index contributed by atoms with van der Waals surface area (Å²) in [5.74, 6) is -0.615. The van der Waals surface area contributed by atoms with Crippen molar-refractivity contribution in [2.24, 2.45) is 0 Å². The molecular weight excluding hydrogens is 450 g/mol. The van der Waals surface area contributed by atoms with Gasteiger partial charge in [0.1, 0.15) is 0 Å². The van der Waals surface area contributed by atoms with Crippen LogP contribution in [-0.2, 0) is 0 Å². The maximum absolute atomic E-state index is 12.9. The molecule has 8 heteroatoms. The molecule has 0 atom stereocenters. The van der Waals surface area contributed by atoms with Crippen molar-refractivity contribution < 1.29 is 18.8 Å². The Morgan fingerprint density at radius 1 is 0.824 bits per heavy atom. The summed E-state index contributed by atoms with van der Waals surface area (Å²) in [6, 6.07) is 22.7. The molecule has 3 amide bonds. The molecule has 2 heterocycles. The maximum Gasteiger partial charge on any atom is 0.291 e. The third kappa shape index (κ3) is 4.18. The smallest absolute Gasteiger partial charge is 0.291 e. The van der Waals surface area contributed by atoms with Gasteiger partial charge >= 0.3 is 0 Å². The highest BCUT2D eigenvalue weighted by Crippen LogP contribution is 2.42. The third-order valence-electron chi connectivity index (χ3n) is 5.35. The highest BCUT2D eigenvalue weighted by atomic mass is 32.2. The van der Waals surface area contributed by atoms with Crippen molar-refractivity contribution in [3.63, 3.8) is 0 Å². The van der Waals surface area contributed by atoms with Crippen molar-refractivity contribution in [3.8, 4) is 0 Å². The Bertz CT molecular complexity index is 1420. The van der Waals surface area contributed by atoms with E-state index in [1.807, 2.05) is 36.4 Å². The van der Waals surface area contributed by atoms with Crippen LogP contribution in [0.5, 0.6) is 0 Å². The summed E-state index contributed by atoms with van der Waals surface area (Å²) in [4.78, 5) is 41.3. The van der Waals surface area contributed by atoms with Gasteiger partial charge < -0.3 is 20.0 Å². The van der Waals surface area contributed by atoms with Crippen LogP contribution < -0.4 is 15.5 Å². The molecule has 0 radical (unpaired) electrons. The highest BCUT2D eigenvalue weighted by Gasteiger charge is 2.24. The second kappa shape index (κ2) is 8.92. The fourth-order valence-corrected chi connectivity index (χ4v) is 4.78. The predicted molar refractivity (Wildman–Crippen MR) is 131 cm³/mol. The predicted octanol–water partition coefficient (Wildman–Crippen LogP) is 5.53. The number of hydrogen-bond acceptors (Lipinski definition) is 5. The van der Waals surface area contributed by atoms with Crippen molar-refractivity contribution >= 4 is 46.5 Å². The molecule has 5 rings (SSSR count). The van der Waals surface area contributed by atoms with E-state index in [2.05, 4.69) is 10.6 Å². The van der Waals surface area contributed by atoms with Gasteiger partial charge in [-0.1, -0.05) is 30.0 Å². The Hall–Kier alpha value is -4.30. The van der Waals surface area contributed by atoms with Crippen molar-refractivity contribution in [2.45, 2.75) is 9.79 Å². The van der Waals surface area contributed by atoms with Crippen LogP contribution in [0.3, 0.4) is 0 Å². The molecule has 2 N–H and O–H groups in total. The molecule has 4 aromatic rings. The molecule has 0 bridgehead atoms. The van der Waals surface area contributed by atoms with E-state index in [1.54, 1.807) is 54.4 Å². The molecule has 1 aliphatic heterocycles. The first-order chi connectivity index (χ1) is 16.5. The first kappa shape index (κ1) is 21.5. The van der Waals surface area contributed by atoms with Crippen molar-refractivity contribution in [1.29, 1.82) is 0 Å². The average Bonchev–Trinajstić information content (AvgIpc) is 3.36. The highest BCUT2D eigenvalue weighted by molar-refractivity contribution is 7.99. The molecule has 3 aromatic carbocycles. The molecule has 0 spiro atoms. The molecule has 34 heavy (non-hydrogen) atoms. The van der Waals surface area contributed by atoms with E-state index >= 15 is 0 Å². The van der Waals surface area contributed by atoms with E-state index < -0.39 is 5.91 Å². The fraction of sp³-hybridized carbons (Fsp3) is 0.0385. The van der Waals surface area contributed by atoms with Crippen LogP contribution in [0.1, 0.15) is 31.3 Å². The van der Waals surface area contributed by atoms with E-state index in [1.165, 1.54) is 18.0 Å². The molecule has 1 aliphatic rings. The number of rotatable bonds is 4. The van der Waals surface area contributed by atoms with Crippen LogP contribution in [0.2, 0.25) is 0 Å². The molecular formula is C26H19N3O4S.